The Morgan fingerprint density at radius 1 is 1.15 bits per heavy atom. The van der Waals surface area contributed by atoms with E-state index in [1.807, 2.05) is 6.92 Å². The summed E-state index contributed by atoms with van der Waals surface area (Å²) in [6, 6.07) is 0. The van der Waals surface area contributed by atoms with E-state index in [2.05, 4.69) is 0 Å². The highest BCUT2D eigenvalue weighted by Gasteiger charge is 2.04. The Bertz CT molecular complexity index is 176. The molecule has 0 amide bonds. The van der Waals surface area contributed by atoms with Crippen molar-refractivity contribution in [1.29, 1.82) is 0 Å². The van der Waals surface area contributed by atoms with Gasteiger partial charge in [-0.3, -0.25) is 9.59 Å². The maximum absolute atomic E-state index is 10.4. The van der Waals surface area contributed by atoms with Gasteiger partial charge in [-0.25, -0.2) is 0 Å². The molecule has 0 saturated carbocycles. The van der Waals surface area contributed by atoms with Crippen molar-refractivity contribution in [3.05, 3.63) is 0 Å². The zero-order valence-corrected chi connectivity index (χ0v) is 8.33. The molecule has 0 bridgehead atoms. The molecule has 1 atom stereocenters. The third kappa shape index (κ3) is 8.85. The smallest absolute Gasteiger partial charge is 0.302 e. The van der Waals surface area contributed by atoms with Crippen molar-refractivity contribution in [2.75, 3.05) is 13.2 Å². The minimum atomic E-state index is -0.278. The normalized spacial score (nSPS) is 11.9. The summed E-state index contributed by atoms with van der Waals surface area (Å²) in [5, 5.41) is 0. The molecule has 0 spiro atoms. The third-order valence-corrected chi connectivity index (χ3v) is 1.49. The maximum atomic E-state index is 10.4. The molecule has 0 fully saturated rings. The van der Waals surface area contributed by atoms with E-state index >= 15 is 0 Å². The quantitative estimate of drug-likeness (QED) is 0.607. The summed E-state index contributed by atoms with van der Waals surface area (Å²) in [6.07, 6.45) is 0.715. The number of carbonyl (C=O) groups is 2. The van der Waals surface area contributed by atoms with Crippen LogP contribution in [0.15, 0.2) is 0 Å². The van der Waals surface area contributed by atoms with Gasteiger partial charge in [-0.05, 0) is 12.3 Å². The monoisotopic (exact) mass is 188 g/mol. The molecule has 0 aliphatic carbocycles. The Hall–Kier alpha value is -1.06. The lowest BCUT2D eigenvalue weighted by Crippen LogP contribution is -2.12. The molecule has 0 N–H and O–H groups in total. The molecule has 4 heteroatoms. The van der Waals surface area contributed by atoms with Crippen LogP contribution in [0.25, 0.3) is 0 Å². The largest absolute Gasteiger partial charge is 0.466 e. The molecule has 0 radical (unpaired) electrons. The lowest BCUT2D eigenvalue weighted by molar-refractivity contribution is -0.144. The van der Waals surface area contributed by atoms with Crippen LogP contribution in [0, 0.1) is 5.92 Å². The predicted molar refractivity (Wildman–Crippen MR) is 47.0 cm³/mol. The second-order valence-electron chi connectivity index (χ2n) is 3.04. The van der Waals surface area contributed by atoms with Gasteiger partial charge in [-0.1, -0.05) is 6.92 Å². The van der Waals surface area contributed by atoms with Gasteiger partial charge in [0.05, 0.1) is 13.2 Å². The van der Waals surface area contributed by atoms with Gasteiger partial charge in [0, 0.05) is 13.8 Å². The van der Waals surface area contributed by atoms with Gasteiger partial charge in [0.15, 0.2) is 0 Å². The van der Waals surface area contributed by atoms with Gasteiger partial charge in [0.25, 0.3) is 0 Å². The van der Waals surface area contributed by atoms with E-state index in [1.165, 1.54) is 13.8 Å². The lowest BCUT2D eigenvalue weighted by atomic mass is 10.1. The van der Waals surface area contributed by atoms with Crippen molar-refractivity contribution in [2.24, 2.45) is 5.92 Å². The molecule has 0 aromatic heterocycles. The Morgan fingerprint density at radius 3 is 2.15 bits per heavy atom. The van der Waals surface area contributed by atoms with Crippen LogP contribution in [0.5, 0.6) is 0 Å². The van der Waals surface area contributed by atoms with Crippen LogP contribution in [0.4, 0.5) is 0 Å². The first-order chi connectivity index (χ1) is 6.02. The van der Waals surface area contributed by atoms with E-state index in [4.69, 9.17) is 9.47 Å². The number of hydrogen-bond donors (Lipinski definition) is 0. The van der Waals surface area contributed by atoms with E-state index < -0.39 is 0 Å². The fourth-order valence-corrected chi connectivity index (χ4v) is 0.747. The van der Waals surface area contributed by atoms with Crippen LogP contribution in [0.2, 0.25) is 0 Å². The molecule has 4 nitrogen and oxygen atoms in total. The van der Waals surface area contributed by atoms with Crippen LogP contribution in [-0.4, -0.2) is 25.2 Å². The first kappa shape index (κ1) is 11.9. The minimum Gasteiger partial charge on any atom is -0.466 e. The van der Waals surface area contributed by atoms with Crippen molar-refractivity contribution >= 4 is 11.9 Å². The summed E-state index contributed by atoms with van der Waals surface area (Å²) in [7, 11) is 0. The third-order valence-electron chi connectivity index (χ3n) is 1.49. The Labute approximate surface area is 78.2 Å². The molecule has 0 aliphatic rings. The summed E-state index contributed by atoms with van der Waals surface area (Å²) in [5.41, 5.74) is 0. The maximum Gasteiger partial charge on any atom is 0.302 e. The highest BCUT2D eigenvalue weighted by atomic mass is 16.5. The average molecular weight is 188 g/mol. The standard InChI is InChI=1S/C9H16O4/c1-7(6-13-9(3)11)4-5-12-8(2)10/h7H,4-6H2,1-3H3. The summed E-state index contributed by atoms with van der Waals surface area (Å²) in [6.45, 7) is 5.45. The molecule has 0 aliphatic heterocycles. The minimum absolute atomic E-state index is 0.225. The van der Waals surface area contributed by atoms with Crippen molar-refractivity contribution in [3.63, 3.8) is 0 Å². The number of carbonyl (C=O) groups excluding carboxylic acids is 2. The van der Waals surface area contributed by atoms with E-state index in [1.54, 1.807) is 0 Å². The van der Waals surface area contributed by atoms with Crippen molar-refractivity contribution in [1.82, 2.24) is 0 Å². The molecular formula is C9H16O4. The Balaban J connectivity index is 3.35. The summed E-state index contributed by atoms with van der Waals surface area (Å²) in [5.74, 6) is -0.331. The van der Waals surface area contributed by atoms with Crippen LogP contribution >= 0.6 is 0 Å². The first-order valence-electron chi connectivity index (χ1n) is 4.29. The number of rotatable bonds is 5. The zero-order chi connectivity index (χ0) is 10.3. The molecule has 0 heterocycles. The molecule has 0 aromatic carbocycles. The molecule has 0 rings (SSSR count). The zero-order valence-electron chi connectivity index (χ0n) is 8.33. The fraction of sp³-hybridized carbons (Fsp3) is 0.778. The number of esters is 2. The molecular weight excluding hydrogens is 172 g/mol. The SMILES string of the molecule is CC(=O)OCCC(C)COC(C)=O. The van der Waals surface area contributed by atoms with Gasteiger partial charge in [0.1, 0.15) is 0 Å². The fourth-order valence-electron chi connectivity index (χ4n) is 0.747. The van der Waals surface area contributed by atoms with Gasteiger partial charge in [-0.2, -0.15) is 0 Å². The molecule has 0 aromatic rings. The summed E-state index contributed by atoms with van der Waals surface area (Å²) in [4.78, 5) is 20.8. The van der Waals surface area contributed by atoms with Crippen LogP contribution in [0.3, 0.4) is 0 Å². The van der Waals surface area contributed by atoms with Crippen molar-refractivity contribution < 1.29 is 19.1 Å². The summed E-state index contributed by atoms with van der Waals surface area (Å²) >= 11 is 0. The molecule has 1 unspecified atom stereocenters. The molecule has 76 valence electrons. The highest BCUT2D eigenvalue weighted by Crippen LogP contribution is 2.02. The van der Waals surface area contributed by atoms with Gasteiger partial charge >= 0.3 is 11.9 Å². The number of hydrogen-bond acceptors (Lipinski definition) is 4. The second-order valence-corrected chi connectivity index (χ2v) is 3.04. The first-order valence-corrected chi connectivity index (χ1v) is 4.29. The summed E-state index contributed by atoms with van der Waals surface area (Å²) < 4.78 is 9.52. The Morgan fingerprint density at radius 2 is 1.69 bits per heavy atom. The highest BCUT2D eigenvalue weighted by molar-refractivity contribution is 5.66. The number of ether oxygens (including phenoxy) is 2. The van der Waals surface area contributed by atoms with Crippen molar-refractivity contribution in [3.8, 4) is 0 Å². The van der Waals surface area contributed by atoms with E-state index in [0.29, 0.717) is 19.6 Å². The Kier molecular flexibility index (Phi) is 5.93. The van der Waals surface area contributed by atoms with Crippen LogP contribution in [-0.2, 0) is 19.1 Å². The van der Waals surface area contributed by atoms with Gasteiger partial charge in [-0.15, -0.1) is 0 Å². The predicted octanol–water partition coefficient (Wildman–Crippen LogP) is 1.14. The topological polar surface area (TPSA) is 52.6 Å². The van der Waals surface area contributed by atoms with Gasteiger partial charge in [0.2, 0.25) is 0 Å². The van der Waals surface area contributed by atoms with Crippen LogP contribution < -0.4 is 0 Å². The van der Waals surface area contributed by atoms with Crippen molar-refractivity contribution in [2.45, 2.75) is 27.2 Å². The van der Waals surface area contributed by atoms with E-state index in [-0.39, 0.29) is 17.9 Å². The average Bonchev–Trinajstić information content (AvgIpc) is 2.00. The van der Waals surface area contributed by atoms with Crippen LogP contribution in [0.1, 0.15) is 27.2 Å². The van der Waals surface area contributed by atoms with E-state index in [9.17, 15) is 9.59 Å². The lowest BCUT2D eigenvalue weighted by Gasteiger charge is -2.10. The molecule has 13 heavy (non-hydrogen) atoms. The second kappa shape index (κ2) is 6.46. The van der Waals surface area contributed by atoms with E-state index in [0.717, 1.165) is 0 Å². The van der Waals surface area contributed by atoms with Gasteiger partial charge < -0.3 is 9.47 Å². The molecule has 0 saturated heterocycles.